The third-order valence-electron chi connectivity index (χ3n) is 2.85. The Morgan fingerprint density at radius 3 is 2.74 bits per heavy atom. The van der Waals surface area contributed by atoms with Gasteiger partial charge in [0.05, 0.1) is 22.8 Å². The summed E-state index contributed by atoms with van der Waals surface area (Å²) in [6.45, 7) is 0. The van der Waals surface area contributed by atoms with Gasteiger partial charge in [-0.15, -0.1) is 0 Å². The Balaban J connectivity index is 2.13. The maximum Gasteiger partial charge on any atom is 0.199 e. The van der Waals surface area contributed by atoms with Crippen molar-refractivity contribution in [1.82, 2.24) is 9.61 Å². The highest BCUT2D eigenvalue weighted by atomic mass is 19.1. The third-order valence-corrected chi connectivity index (χ3v) is 2.85. The molecule has 0 bridgehead atoms. The summed E-state index contributed by atoms with van der Waals surface area (Å²) in [6.07, 6.45) is 3.06. The molecule has 0 aliphatic rings. The van der Waals surface area contributed by atoms with Gasteiger partial charge in [0.15, 0.2) is 5.78 Å². The van der Waals surface area contributed by atoms with Crippen LogP contribution in [0.5, 0.6) is 0 Å². The van der Waals surface area contributed by atoms with Crippen LogP contribution in [0.15, 0.2) is 48.8 Å². The molecular formula is C14H8F2N2O. The van der Waals surface area contributed by atoms with Gasteiger partial charge in [-0.3, -0.25) is 4.79 Å². The van der Waals surface area contributed by atoms with E-state index in [4.69, 9.17) is 0 Å². The van der Waals surface area contributed by atoms with Crippen molar-refractivity contribution in [1.29, 1.82) is 0 Å². The van der Waals surface area contributed by atoms with Gasteiger partial charge >= 0.3 is 0 Å². The lowest BCUT2D eigenvalue weighted by Gasteiger charge is -2.01. The predicted octanol–water partition coefficient (Wildman–Crippen LogP) is 2.84. The molecule has 0 saturated heterocycles. The molecule has 0 aliphatic carbocycles. The van der Waals surface area contributed by atoms with Crippen molar-refractivity contribution >= 4 is 11.3 Å². The van der Waals surface area contributed by atoms with E-state index in [0.717, 1.165) is 12.1 Å². The van der Waals surface area contributed by atoms with Crippen molar-refractivity contribution in [3.8, 4) is 0 Å². The number of fused-ring (bicyclic) bond motifs is 1. The summed E-state index contributed by atoms with van der Waals surface area (Å²) in [4.78, 5) is 12.2. The van der Waals surface area contributed by atoms with Crippen LogP contribution in [-0.2, 0) is 0 Å². The van der Waals surface area contributed by atoms with E-state index in [1.807, 2.05) is 0 Å². The van der Waals surface area contributed by atoms with Crippen molar-refractivity contribution < 1.29 is 13.6 Å². The monoisotopic (exact) mass is 258 g/mol. The number of rotatable bonds is 2. The average molecular weight is 258 g/mol. The Kier molecular flexibility index (Phi) is 2.59. The minimum absolute atomic E-state index is 0.167. The van der Waals surface area contributed by atoms with Gasteiger partial charge in [-0.25, -0.2) is 13.3 Å². The minimum atomic E-state index is -0.875. The van der Waals surface area contributed by atoms with Gasteiger partial charge in [0, 0.05) is 12.3 Å². The summed E-state index contributed by atoms with van der Waals surface area (Å²) in [6, 6.07) is 8.13. The minimum Gasteiger partial charge on any atom is -0.288 e. The van der Waals surface area contributed by atoms with Crippen LogP contribution in [0.4, 0.5) is 8.78 Å². The van der Waals surface area contributed by atoms with Crippen LogP contribution in [0.2, 0.25) is 0 Å². The molecule has 0 amide bonds. The maximum absolute atomic E-state index is 13.6. The largest absolute Gasteiger partial charge is 0.288 e. The van der Waals surface area contributed by atoms with E-state index < -0.39 is 17.4 Å². The van der Waals surface area contributed by atoms with Crippen LogP contribution in [0.1, 0.15) is 15.9 Å². The van der Waals surface area contributed by atoms with Crippen molar-refractivity contribution in [2.24, 2.45) is 0 Å². The summed E-state index contributed by atoms with van der Waals surface area (Å²) < 4.78 is 28.0. The van der Waals surface area contributed by atoms with Crippen molar-refractivity contribution in [3.05, 3.63) is 71.6 Å². The molecule has 0 radical (unpaired) electrons. The van der Waals surface area contributed by atoms with E-state index in [2.05, 4.69) is 5.10 Å². The molecule has 0 aliphatic heterocycles. The number of ketones is 1. The number of pyridine rings is 1. The second-order valence-electron chi connectivity index (χ2n) is 4.04. The number of halogens is 2. The molecule has 2 heterocycles. The highest BCUT2D eigenvalue weighted by molar-refractivity contribution is 6.13. The zero-order valence-electron chi connectivity index (χ0n) is 9.68. The van der Waals surface area contributed by atoms with Crippen LogP contribution in [0.25, 0.3) is 5.52 Å². The first-order chi connectivity index (χ1) is 9.16. The SMILES string of the molecule is O=C(c1ccc(F)cc1F)c1cnn2ccccc12. The summed E-state index contributed by atoms with van der Waals surface area (Å²) in [5.41, 5.74) is 0.697. The first kappa shape index (κ1) is 11.5. The number of carbonyl (C=O) groups excluding carboxylic acids is 1. The molecule has 0 spiro atoms. The molecule has 3 rings (SSSR count). The number of hydrogen-bond acceptors (Lipinski definition) is 2. The van der Waals surface area contributed by atoms with Crippen LogP contribution in [0, 0.1) is 11.6 Å². The van der Waals surface area contributed by atoms with Crippen LogP contribution in [-0.4, -0.2) is 15.4 Å². The molecule has 5 heteroatoms. The zero-order chi connectivity index (χ0) is 13.4. The Morgan fingerprint density at radius 1 is 1.11 bits per heavy atom. The first-order valence-electron chi connectivity index (χ1n) is 5.59. The Morgan fingerprint density at radius 2 is 1.95 bits per heavy atom. The van der Waals surface area contributed by atoms with Gasteiger partial charge in [0.2, 0.25) is 0 Å². The van der Waals surface area contributed by atoms with Gasteiger partial charge in [0.25, 0.3) is 0 Å². The topological polar surface area (TPSA) is 34.4 Å². The molecule has 2 aromatic heterocycles. The summed E-state index contributed by atoms with van der Waals surface area (Å²) >= 11 is 0. The van der Waals surface area contributed by atoms with Crippen molar-refractivity contribution in [2.45, 2.75) is 0 Å². The number of hydrogen-bond donors (Lipinski definition) is 0. The van der Waals surface area contributed by atoms with Gasteiger partial charge in [-0.05, 0) is 24.3 Å². The molecule has 0 atom stereocenters. The normalized spacial score (nSPS) is 10.8. The van der Waals surface area contributed by atoms with E-state index in [0.29, 0.717) is 11.6 Å². The third kappa shape index (κ3) is 1.89. The highest BCUT2D eigenvalue weighted by Crippen LogP contribution is 2.18. The van der Waals surface area contributed by atoms with Crippen LogP contribution in [0.3, 0.4) is 0 Å². The molecule has 0 fully saturated rings. The summed E-state index contributed by atoms with van der Waals surface area (Å²) in [5.74, 6) is -2.10. The smallest absolute Gasteiger partial charge is 0.199 e. The van der Waals surface area contributed by atoms with Gasteiger partial charge in [0.1, 0.15) is 11.6 Å². The van der Waals surface area contributed by atoms with E-state index in [-0.39, 0.29) is 11.1 Å². The Labute approximate surface area is 107 Å². The molecular weight excluding hydrogens is 250 g/mol. The molecule has 0 unspecified atom stereocenters. The van der Waals surface area contributed by atoms with E-state index in [1.54, 1.807) is 24.4 Å². The maximum atomic E-state index is 13.6. The van der Waals surface area contributed by atoms with Crippen LogP contribution >= 0.6 is 0 Å². The van der Waals surface area contributed by atoms with E-state index in [9.17, 15) is 13.6 Å². The number of carbonyl (C=O) groups is 1. The lowest BCUT2D eigenvalue weighted by molar-refractivity contribution is 0.103. The van der Waals surface area contributed by atoms with E-state index in [1.165, 1.54) is 10.7 Å². The lowest BCUT2D eigenvalue weighted by Crippen LogP contribution is -2.04. The van der Waals surface area contributed by atoms with Gasteiger partial charge in [-0.1, -0.05) is 6.07 Å². The van der Waals surface area contributed by atoms with Crippen molar-refractivity contribution in [3.63, 3.8) is 0 Å². The first-order valence-corrected chi connectivity index (χ1v) is 5.59. The molecule has 0 saturated carbocycles. The number of aromatic nitrogens is 2. The molecule has 3 nitrogen and oxygen atoms in total. The quantitative estimate of drug-likeness (QED) is 0.662. The number of benzene rings is 1. The fourth-order valence-electron chi connectivity index (χ4n) is 1.93. The molecule has 0 N–H and O–H groups in total. The Bertz CT molecular complexity index is 780. The summed E-state index contributed by atoms with van der Waals surface area (Å²) in [5, 5.41) is 4.01. The summed E-state index contributed by atoms with van der Waals surface area (Å²) in [7, 11) is 0. The second-order valence-corrected chi connectivity index (χ2v) is 4.04. The molecule has 19 heavy (non-hydrogen) atoms. The average Bonchev–Trinajstić information content (AvgIpc) is 2.82. The lowest BCUT2D eigenvalue weighted by atomic mass is 10.0. The van der Waals surface area contributed by atoms with Crippen molar-refractivity contribution in [2.75, 3.05) is 0 Å². The van der Waals surface area contributed by atoms with Crippen LogP contribution < -0.4 is 0 Å². The van der Waals surface area contributed by atoms with E-state index >= 15 is 0 Å². The fourth-order valence-corrected chi connectivity index (χ4v) is 1.93. The molecule has 94 valence electrons. The fraction of sp³-hybridized carbons (Fsp3) is 0. The Hall–Kier alpha value is -2.56. The molecule has 3 aromatic rings. The molecule has 1 aromatic carbocycles. The highest BCUT2D eigenvalue weighted by Gasteiger charge is 2.18. The second kappa shape index (κ2) is 4.28. The number of nitrogens with zero attached hydrogens (tertiary/aromatic N) is 2. The standard InChI is InChI=1S/C14H8F2N2O/c15-9-4-5-10(12(16)7-9)14(19)11-8-17-18-6-2-1-3-13(11)18/h1-8H. The van der Waals surface area contributed by atoms with Gasteiger partial charge in [-0.2, -0.15) is 5.10 Å². The predicted molar refractivity (Wildman–Crippen MR) is 65.0 cm³/mol. The van der Waals surface area contributed by atoms with Gasteiger partial charge < -0.3 is 0 Å². The zero-order valence-corrected chi connectivity index (χ0v) is 9.68.